The van der Waals surface area contributed by atoms with Crippen LogP contribution < -0.4 is 4.90 Å². The van der Waals surface area contributed by atoms with E-state index >= 15 is 0 Å². The summed E-state index contributed by atoms with van der Waals surface area (Å²) in [6.45, 7) is 3.07. The lowest BCUT2D eigenvalue weighted by molar-refractivity contribution is -0.141. The lowest BCUT2D eigenvalue weighted by atomic mass is 10.00. The van der Waals surface area contributed by atoms with Crippen LogP contribution in [0.4, 0.5) is 19.0 Å². The molecule has 0 unspecified atom stereocenters. The highest BCUT2D eigenvalue weighted by Gasteiger charge is 2.40. The molecule has 0 atom stereocenters. The van der Waals surface area contributed by atoms with Gasteiger partial charge in [0.1, 0.15) is 17.5 Å². The minimum Gasteiger partial charge on any atom is -0.356 e. The fraction of sp³-hybridized carbons (Fsp3) is 0.273. The molecule has 3 aromatic heterocycles. The number of hydrogen-bond donors (Lipinski definition) is 0. The van der Waals surface area contributed by atoms with Gasteiger partial charge in [-0.2, -0.15) is 28.0 Å². The number of aromatic nitrogens is 4. The first-order valence-corrected chi connectivity index (χ1v) is 10.4. The number of anilines is 1. The topological polar surface area (TPSA) is 70.1 Å². The van der Waals surface area contributed by atoms with Gasteiger partial charge in [-0.05, 0) is 43.5 Å². The molecule has 0 bridgehead atoms. The molecule has 1 aromatic carbocycles. The third-order valence-corrected chi connectivity index (χ3v) is 5.92. The van der Waals surface area contributed by atoms with Gasteiger partial charge in [0.2, 0.25) is 0 Å². The standard InChI is InChI=1S/C22H16ClF3N6/c1-12-18(15-6-7-28-17-10-13(23)4-5-14(15)17)21(31-8-2-3-9-31)32-20(29-12)16(11-27)19(30-32)22(24,25)26/h4-7,10H,2-3,8-9H2,1H3. The first-order valence-electron chi connectivity index (χ1n) is 10.00. The number of halogens is 4. The van der Waals surface area contributed by atoms with E-state index in [2.05, 4.69) is 15.1 Å². The second-order valence-electron chi connectivity index (χ2n) is 7.68. The van der Waals surface area contributed by atoms with Gasteiger partial charge < -0.3 is 4.90 Å². The Morgan fingerprint density at radius 3 is 2.59 bits per heavy atom. The zero-order valence-corrected chi connectivity index (χ0v) is 17.7. The van der Waals surface area contributed by atoms with Crippen LogP contribution in [0.15, 0.2) is 30.5 Å². The summed E-state index contributed by atoms with van der Waals surface area (Å²) in [5, 5.41) is 14.7. The van der Waals surface area contributed by atoms with Gasteiger partial charge in [-0.15, -0.1) is 0 Å². The maximum absolute atomic E-state index is 13.7. The van der Waals surface area contributed by atoms with E-state index in [0.29, 0.717) is 40.7 Å². The first kappa shape index (κ1) is 20.5. The molecule has 0 spiro atoms. The molecule has 1 aliphatic rings. The van der Waals surface area contributed by atoms with E-state index in [1.165, 1.54) is 4.52 Å². The van der Waals surface area contributed by atoms with E-state index in [-0.39, 0.29) is 5.65 Å². The molecule has 0 radical (unpaired) electrons. The summed E-state index contributed by atoms with van der Waals surface area (Å²) in [5.41, 5.74) is 0.708. The SMILES string of the molecule is Cc1nc2c(C#N)c(C(F)(F)F)nn2c(N2CCCC2)c1-c1ccnc2cc(Cl)ccc12. The molecule has 1 fully saturated rings. The quantitative estimate of drug-likeness (QED) is 0.404. The predicted octanol–water partition coefficient (Wildman–Crippen LogP) is 5.40. The van der Waals surface area contributed by atoms with Crippen molar-refractivity contribution >= 4 is 34.0 Å². The Morgan fingerprint density at radius 1 is 1.16 bits per heavy atom. The number of rotatable bonds is 2. The first-order chi connectivity index (χ1) is 15.3. The molecule has 0 amide bonds. The molecular formula is C22H16ClF3N6. The van der Waals surface area contributed by atoms with Crippen LogP contribution >= 0.6 is 11.6 Å². The molecule has 0 saturated carbocycles. The summed E-state index contributed by atoms with van der Waals surface area (Å²) in [5.74, 6) is 0.499. The molecule has 0 N–H and O–H groups in total. The van der Waals surface area contributed by atoms with Crippen molar-refractivity contribution in [3.05, 3.63) is 52.4 Å². The molecule has 162 valence electrons. The van der Waals surface area contributed by atoms with Gasteiger partial charge in [0.15, 0.2) is 11.3 Å². The number of nitriles is 1. The highest BCUT2D eigenvalue weighted by molar-refractivity contribution is 6.31. The van der Waals surface area contributed by atoms with E-state index in [1.54, 1.807) is 31.3 Å². The molecule has 1 aliphatic heterocycles. The smallest absolute Gasteiger partial charge is 0.356 e. The second-order valence-corrected chi connectivity index (χ2v) is 8.11. The van der Waals surface area contributed by atoms with Crippen LogP contribution in [-0.4, -0.2) is 32.7 Å². The van der Waals surface area contributed by atoms with Gasteiger partial charge in [0.25, 0.3) is 0 Å². The number of nitrogens with zero attached hydrogens (tertiary/aromatic N) is 6. The van der Waals surface area contributed by atoms with Crippen LogP contribution in [-0.2, 0) is 6.18 Å². The Kier molecular flexibility index (Phi) is 4.71. The predicted molar refractivity (Wildman–Crippen MR) is 115 cm³/mol. The number of aryl methyl sites for hydroxylation is 1. The highest BCUT2D eigenvalue weighted by atomic mass is 35.5. The lowest BCUT2D eigenvalue weighted by Gasteiger charge is -2.24. The minimum absolute atomic E-state index is 0.0932. The maximum atomic E-state index is 13.7. The molecule has 4 aromatic rings. The fourth-order valence-electron chi connectivity index (χ4n) is 4.32. The van der Waals surface area contributed by atoms with Crippen molar-refractivity contribution in [2.45, 2.75) is 25.9 Å². The monoisotopic (exact) mass is 456 g/mol. The average molecular weight is 457 g/mol. The molecule has 32 heavy (non-hydrogen) atoms. The fourth-order valence-corrected chi connectivity index (χ4v) is 4.49. The Balaban J connectivity index is 1.91. The summed E-state index contributed by atoms with van der Waals surface area (Å²) in [4.78, 5) is 10.8. The summed E-state index contributed by atoms with van der Waals surface area (Å²) in [6, 6.07) is 8.78. The normalized spacial score (nSPS) is 14.4. The van der Waals surface area contributed by atoms with Crippen molar-refractivity contribution in [3.63, 3.8) is 0 Å². The van der Waals surface area contributed by atoms with Crippen molar-refractivity contribution in [3.8, 4) is 17.2 Å². The Hall–Kier alpha value is -3.38. The molecule has 1 saturated heterocycles. The van der Waals surface area contributed by atoms with Crippen LogP contribution in [0.2, 0.25) is 5.02 Å². The van der Waals surface area contributed by atoms with Crippen LogP contribution in [0.1, 0.15) is 29.8 Å². The third kappa shape index (κ3) is 3.14. The van der Waals surface area contributed by atoms with Gasteiger partial charge in [0.05, 0.1) is 11.2 Å². The Labute approximate surface area is 185 Å². The molecular weight excluding hydrogens is 441 g/mol. The summed E-state index contributed by atoms with van der Waals surface area (Å²) in [6.07, 6.45) is -1.31. The van der Waals surface area contributed by atoms with Gasteiger partial charge in [-0.3, -0.25) is 4.98 Å². The third-order valence-electron chi connectivity index (χ3n) is 5.68. The molecule has 6 nitrogen and oxygen atoms in total. The number of benzene rings is 1. The number of pyridine rings is 1. The van der Waals surface area contributed by atoms with Gasteiger partial charge in [-0.25, -0.2) is 4.98 Å². The highest BCUT2D eigenvalue weighted by Crippen LogP contribution is 2.41. The summed E-state index contributed by atoms with van der Waals surface area (Å²) in [7, 11) is 0. The van der Waals surface area contributed by atoms with Gasteiger partial charge in [-0.1, -0.05) is 17.7 Å². The second kappa shape index (κ2) is 7.35. The molecule has 10 heteroatoms. The number of fused-ring (bicyclic) bond motifs is 2. The molecule has 0 aliphatic carbocycles. The van der Waals surface area contributed by atoms with Crippen molar-refractivity contribution in [2.24, 2.45) is 0 Å². The van der Waals surface area contributed by atoms with Crippen molar-refractivity contribution in [2.75, 3.05) is 18.0 Å². The largest absolute Gasteiger partial charge is 0.436 e. The van der Waals surface area contributed by atoms with Gasteiger partial charge >= 0.3 is 6.18 Å². The number of alkyl halides is 3. The zero-order chi connectivity index (χ0) is 22.6. The van der Waals surface area contributed by atoms with E-state index in [0.717, 1.165) is 23.8 Å². The van der Waals surface area contributed by atoms with Gasteiger partial charge in [0, 0.05) is 35.3 Å². The lowest BCUT2D eigenvalue weighted by Crippen LogP contribution is -2.23. The van der Waals surface area contributed by atoms with Crippen molar-refractivity contribution in [1.82, 2.24) is 19.6 Å². The molecule has 5 rings (SSSR count). The molecule has 4 heterocycles. The van der Waals surface area contributed by atoms with E-state index in [9.17, 15) is 18.4 Å². The maximum Gasteiger partial charge on any atom is 0.436 e. The summed E-state index contributed by atoms with van der Waals surface area (Å²) >= 11 is 6.13. The van der Waals surface area contributed by atoms with Crippen LogP contribution in [0, 0.1) is 18.3 Å². The van der Waals surface area contributed by atoms with E-state index < -0.39 is 17.4 Å². The Morgan fingerprint density at radius 2 is 1.91 bits per heavy atom. The van der Waals surface area contributed by atoms with E-state index in [4.69, 9.17) is 11.6 Å². The minimum atomic E-state index is -4.77. The van der Waals surface area contributed by atoms with Crippen LogP contribution in [0.3, 0.4) is 0 Å². The van der Waals surface area contributed by atoms with Crippen LogP contribution in [0.25, 0.3) is 27.7 Å². The van der Waals surface area contributed by atoms with Crippen molar-refractivity contribution in [1.29, 1.82) is 5.26 Å². The Bertz CT molecular complexity index is 1410. The van der Waals surface area contributed by atoms with Crippen molar-refractivity contribution < 1.29 is 13.2 Å². The number of hydrogen-bond acceptors (Lipinski definition) is 5. The zero-order valence-electron chi connectivity index (χ0n) is 16.9. The summed E-state index contributed by atoms with van der Waals surface area (Å²) < 4.78 is 42.2. The van der Waals surface area contributed by atoms with E-state index in [1.807, 2.05) is 17.0 Å². The van der Waals surface area contributed by atoms with Crippen LogP contribution in [0.5, 0.6) is 0 Å². The average Bonchev–Trinajstić information content (AvgIpc) is 3.39.